The molecule has 0 aliphatic carbocycles. The summed E-state index contributed by atoms with van der Waals surface area (Å²) in [5.74, 6) is 0.838. The van der Waals surface area contributed by atoms with Gasteiger partial charge in [-0.25, -0.2) is 0 Å². The van der Waals surface area contributed by atoms with E-state index in [1.165, 1.54) is 51.4 Å². The number of hydrogen-bond donors (Lipinski definition) is 1. The molecule has 0 radical (unpaired) electrons. The van der Waals surface area contributed by atoms with E-state index in [0.717, 1.165) is 25.3 Å². The van der Waals surface area contributed by atoms with Gasteiger partial charge in [0, 0.05) is 22.8 Å². The highest BCUT2D eigenvalue weighted by molar-refractivity contribution is 7.84. The van der Waals surface area contributed by atoms with Crippen molar-refractivity contribution in [1.82, 2.24) is 5.32 Å². The molecule has 104 valence electrons. The first kappa shape index (κ1) is 17.1. The van der Waals surface area contributed by atoms with Crippen molar-refractivity contribution >= 4 is 10.8 Å². The molecule has 2 nitrogen and oxygen atoms in total. The minimum atomic E-state index is -0.620. The summed E-state index contributed by atoms with van der Waals surface area (Å²) in [5.41, 5.74) is 0. The van der Waals surface area contributed by atoms with Crippen LogP contribution in [0.3, 0.4) is 0 Å². The van der Waals surface area contributed by atoms with E-state index in [1.807, 2.05) is 0 Å². The quantitative estimate of drug-likeness (QED) is 0.514. The minimum Gasteiger partial charge on any atom is -0.317 e. The average Bonchev–Trinajstić information content (AvgIpc) is 2.30. The van der Waals surface area contributed by atoms with Gasteiger partial charge in [-0.05, 0) is 25.9 Å². The number of rotatable bonds is 13. The Morgan fingerprint density at radius 1 is 0.824 bits per heavy atom. The highest BCUT2D eigenvalue weighted by Crippen LogP contribution is 2.07. The largest absolute Gasteiger partial charge is 0.317 e. The van der Waals surface area contributed by atoms with Gasteiger partial charge in [-0.3, -0.25) is 4.21 Å². The van der Waals surface area contributed by atoms with Crippen LogP contribution in [0.15, 0.2) is 0 Å². The lowest BCUT2D eigenvalue weighted by Crippen LogP contribution is -2.18. The van der Waals surface area contributed by atoms with Crippen LogP contribution in [-0.2, 0) is 10.8 Å². The van der Waals surface area contributed by atoms with Gasteiger partial charge < -0.3 is 5.32 Å². The fourth-order valence-electron chi connectivity index (χ4n) is 1.91. The first-order valence-corrected chi connectivity index (χ1v) is 9.00. The molecular weight excluding hydrogens is 230 g/mol. The van der Waals surface area contributed by atoms with Crippen molar-refractivity contribution in [2.45, 2.75) is 64.7 Å². The monoisotopic (exact) mass is 261 g/mol. The first-order valence-electron chi connectivity index (χ1n) is 7.28. The van der Waals surface area contributed by atoms with Crippen LogP contribution in [-0.4, -0.2) is 29.3 Å². The lowest BCUT2D eigenvalue weighted by molar-refractivity contribution is 0.554. The molecule has 0 aliphatic rings. The van der Waals surface area contributed by atoms with E-state index < -0.39 is 10.8 Å². The van der Waals surface area contributed by atoms with Crippen LogP contribution < -0.4 is 5.32 Å². The van der Waals surface area contributed by atoms with Crippen molar-refractivity contribution in [3.05, 3.63) is 0 Å². The second-order valence-corrected chi connectivity index (χ2v) is 6.41. The second-order valence-electron chi connectivity index (χ2n) is 4.86. The third-order valence-electron chi connectivity index (χ3n) is 2.99. The van der Waals surface area contributed by atoms with Gasteiger partial charge in [0.2, 0.25) is 0 Å². The van der Waals surface area contributed by atoms with Crippen molar-refractivity contribution < 1.29 is 4.21 Å². The molecule has 17 heavy (non-hydrogen) atoms. The van der Waals surface area contributed by atoms with Gasteiger partial charge in [0.05, 0.1) is 0 Å². The van der Waals surface area contributed by atoms with Crippen molar-refractivity contribution in [1.29, 1.82) is 0 Å². The topological polar surface area (TPSA) is 29.1 Å². The normalized spacial score (nSPS) is 12.8. The Morgan fingerprint density at radius 2 is 1.35 bits per heavy atom. The van der Waals surface area contributed by atoms with Gasteiger partial charge in [-0.15, -0.1) is 0 Å². The molecule has 0 saturated heterocycles. The smallest absolute Gasteiger partial charge is 0.0244 e. The van der Waals surface area contributed by atoms with Crippen molar-refractivity contribution in [3.63, 3.8) is 0 Å². The summed E-state index contributed by atoms with van der Waals surface area (Å²) in [7, 11) is -0.620. The summed E-state index contributed by atoms with van der Waals surface area (Å²) in [5, 5.41) is 3.42. The molecule has 3 heteroatoms. The zero-order valence-corrected chi connectivity index (χ0v) is 12.6. The first-order chi connectivity index (χ1) is 8.27. The predicted octanol–water partition coefficient (Wildman–Crippen LogP) is 3.49. The molecule has 0 aromatic carbocycles. The van der Waals surface area contributed by atoms with E-state index in [9.17, 15) is 4.21 Å². The highest BCUT2D eigenvalue weighted by Gasteiger charge is 1.93. The second kappa shape index (κ2) is 14.2. The van der Waals surface area contributed by atoms with E-state index in [2.05, 4.69) is 12.2 Å². The Balaban J connectivity index is 2.91. The Kier molecular flexibility index (Phi) is 14.3. The summed E-state index contributed by atoms with van der Waals surface area (Å²) in [4.78, 5) is 0. The molecule has 0 aromatic rings. The van der Waals surface area contributed by atoms with Crippen LogP contribution >= 0.6 is 0 Å². The van der Waals surface area contributed by atoms with Crippen molar-refractivity contribution in [2.24, 2.45) is 0 Å². The van der Waals surface area contributed by atoms with Gasteiger partial charge in [-0.1, -0.05) is 51.9 Å². The van der Waals surface area contributed by atoms with Crippen LogP contribution in [0.4, 0.5) is 0 Å². The number of nitrogens with one attached hydrogen (secondary N) is 1. The maximum absolute atomic E-state index is 10.8. The van der Waals surface area contributed by atoms with E-state index in [0.29, 0.717) is 0 Å². The third kappa shape index (κ3) is 16.1. The summed E-state index contributed by atoms with van der Waals surface area (Å²) in [6.07, 6.45) is 13.9. The van der Waals surface area contributed by atoms with Crippen LogP contribution in [0.2, 0.25) is 0 Å². The van der Waals surface area contributed by atoms with Crippen molar-refractivity contribution in [3.8, 4) is 0 Å². The van der Waals surface area contributed by atoms with Gasteiger partial charge >= 0.3 is 0 Å². The zero-order chi connectivity index (χ0) is 12.8. The maximum atomic E-state index is 10.8. The summed E-state index contributed by atoms with van der Waals surface area (Å²) < 4.78 is 10.8. The molecule has 0 spiro atoms. The molecule has 1 atom stereocenters. The lowest BCUT2D eigenvalue weighted by Gasteiger charge is -2.04. The van der Waals surface area contributed by atoms with Crippen LogP contribution in [0.25, 0.3) is 0 Å². The molecule has 0 amide bonds. The standard InChI is InChI=1S/C14H31NOS/c1-3-4-5-6-7-8-9-10-12-15-13-11-14-17(2)16/h15H,3-14H2,1-2H3. The Bertz CT molecular complexity index is 174. The fourth-order valence-corrected chi connectivity index (χ4v) is 2.46. The maximum Gasteiger partial charge on any atom is 0.0244 e. The summed E-state index contributed by atoms with van der Waals surface area (Å²) in [6, 6.07) is 0. The molecule has 0 saturated carbocycles. The Labute approximate surface area is 110 Å². The van der Waals surface area contributed by atoms with Crippen LogP contribution in [0.1, 0.15) is 64.7 Å². The summed E-state index contributed by atoms with van der Waals surface area (Å²) in [6.45, 7) is 4.42. The highest BCUT2D eigenvalue weighted by atomic mass is 32.2. The lowest BCUT2D eigenvalue weighted by atomic mass is 10.1. The molecule has 0 fully saturated rings. The number of unbranched alkanes of at least 4 members (excludes halogenated alkanes) is 7. The van der Waals surface area contributed by atoms with Gasteiger partial charge in [0.15, 0.2) is 0 Å². The molecule has 0 heterocycles. The summed E-state index contributed by atoms with van der Waals surface area (Å²) >= 11 is 0. The van der Waals surface area contributed by atoms with E-state index >= 15 is 0 Å². The Hall–Kier alpha value is 0.110. The van der Waals surface area contributed by atoms with Gasteiger partial charge in [0.25, 0.3) is 0 Å². The van der Waals surface area contributed by atoms with Crippen LogP contribution in [0.5, 0.6) is 0 Å². The van der Waals surface area contributed by atoms with E-state index in [-0.39, 0.29) is 0 Å². The van der Waals surface area contributed by atoms with E-state index in [1.54, 1.807) is 6.26 Å². The molecule has 0 bridgehead atoms. The fraction of sp³-hybridized carbons (Fsp3) is 1.00. The molecular formula is C14H31NOS. The zero-order valence-electron chi connectivity index (χ0n) is 11.8. The van der Waals surface area contributed by atoms with Crippen molar-refractivity contribution in [2.75, 3.05) is 25.1 Å². The molecule has 1 unspecified atom stereocenters. The molecule has 0 aromatic heterocycles. The Morgan fingerprint density at radius 3 is 1.94 bits per heavy atom. The van der Waals surface area contributed by atoms with E-state index in [4.69, 9.17) is 0 Å². The SMILES string of the molecule is CCCCCCCCCCNCCCS(C)=O. The number of hydrogen-bond acceptors (Lipinski definition) is 2. The van der Waals surface area contributed by atoms with Crippen LogP contribution in [0, 0.1) is 0 Å². The molecule has 1 N–H and O–H groups in total. The van der Waals surface area contributed by atoms with Gasteiger partial charge in [-0.2, -0.15) is 0 Å². The third-order valence-corrected chi connectivity index (χ3v) is 3.86. The molecule has 0 rings (SSSR count). The van der Waals surface area contributed by atoms with Gasteiger partial charge in [0.1, 0.15) is 0 Å². The minimum absolute atomic E-state index is 0.620. The predicted molar refractivity (Wildman–Crippen MR) is 79.0 cm³/mol. The molecule has 0 aliphatic heterocycles. The average molecular weight is 261 g/mol.